The zero-order valence-corrected chi connectivity index (χ0v) is 16.5. The Kier molecular flexibility index (Phi) is 5.33. The lowest BCUT2D eigenvalue weighted by Gasteiger charge is -2.14. The minimum atomic E-state index is -0.181. The van der Waals surface area contributed by atoms with Crippen molar-refractivity contribution in [1.29, 1.82) is 0 Å². The first-order valence-corrected chi connectivity index (χ1v) is 9.61. The summed E-state index contributed by atoms with van der Waals surface area (Å²) < 4.78 is 10.7. The van der Waals surface area contributed by atoms with E-state index in [2.05, 4.69) is 47.7 Å². The van der Waals surface area contributed by atoms with Crippen LogP contribution in [-0.4, -0.2) is 17.7 Å². The molecule has 2 aromatic carbocycles. The van der Waals surface area contributed by atoms with Crippen molar-refractivity contribution < 1.29 is 14.3 Å². The fourth-order valence-electron chi connectivity index (χ4n) is 3.31. The normalized spacial score (nSPS) is 11.9. The lowest BCUT2D eigenvalue weighted by atomic mass is 10.1. The molecule has 29 heavy (non-hydrogen) atoms. The van der Waals surface area contributed by atoms with E-state index in [1.807, 2.05) is 24.3 Å². The maximum atomic E-state index is 12.6. The zero-order valence-electron chi connectivity index (χ0n) is 16.5. The van der Waals surface area contributed by atoms with Crippen LogP contribution in [0.3, 0.4) is 0 Å². The second-order valence-electron chi connectivity index (χ2n) is 6.92. The second kappa shape index (κ2) is 8.22. The standard InChI is InChI=1S/C23H23N3O3/c1-3-17-6-4-5-15(2)22(17)26-19-10-18(12-24-13-19)23(27)25-11-16-7-8-20-21(9-16)29-14-28-20/h4-10,12-13,26H,3,11,14H2,1-2H3,(H,25,27). The van der Waals surface area contributed by atoms with E-state index in [9.17, 15) is 4.79 Å². The van der Waals surface area contributed by atoms with Gasteiger partial charge in [0.15, 0.2) is 11.5 Å². The van der Waals surface area contributed by atoms with Crippen LogP contribution in [0, 0.1) is 6.92 Å². The monoisotopic (exact) mass is 389 g/mol. The maximum absolute atomic E-state index is 12.6. The van der Waals surface area contributed by atoms with Crippen molar-refractivity contribution in [2.45, 2.75) is 26.8 Å². The molecule has 0 unspecified atom stereocenters. The van der Waals surface area contributed by atoms with Crippen LogP contribution < -0.4 is 20.1 Å². The summed E-state index contributed by atoms with van der Waals surface area (Å²) in [6.45, 7) is 4.82. The van der Waals surface area contributed by atoms with Gasteiger partial charge in [-0.15, -0.1) is 0 Å². The number of nitrogens with one attached hydrogen (secondary N) is 2. The van der Waals surface area contributed by atoms with Gasteiger partial charge in [0.25, 0.3) is 5.91 Å². The highest BCUT2D eigenvalue weighted by molar-refractivity contribution is 5.94. The van der Waals surface area contributed by atoms with Gasteiger partial charge >= 0.3 is 0 Å². The molecule has 0 radical (unpaired) electrons. The Labute approximate surface area is 169 Å². The van der Waals surface area contributed by atoms with Crippen LogP contribution in [0.2, 0.25) is 0 Å². The number of aromatic nitrogens is 1. The minimum absolute atomic E-state index is 0.181. The SMILES string of the molecule is CCc1cccc(C)c1Nc1cncc(C(=O)NCc2ccc3c(c2)OCO3)c1. The summed E-state index contributed by atoms with van der Waals surface area (Å²) in [5.41, 5.74) is 5.67. The van der Waals surface area contributed by atoms with Gasteiger partial charge in [-0.05, 0) is 48.2 Å². The fourth-order valence-corrected chi connectivity index (χ4v) is 3.31. The molecular weight excluding hydrogens is 366 g/mol. The average Bonchev–Trinajstić information content (AvgIpc) is 3.21. The van der Waals surface area contributed by atoms with Gasteiger partial charge in [0.2, 0.25) is 6.79 Å². The predicted molar refractivity (Wildman–Crippen MR) is 112 cm³/mol. The summed E-state index contributed by atoms with van der Waals surface area (Å²) in [7, 11) is 0. The van der Waals surface area contributed by atoms with Gasteiger partial charge in [0.05, 0.1) is 17.4 Å². The van der Waals surface area contributed by atoms with Crippen molar-refractivity contribution in [3.05, 3.63) is 77.1 Å². The third-order valence-corrected chi connectivity index (χ3v) is 4.90. The number of pyridine rings is 1. The number of aryl methyl sites for hydroxylation is 2. The highest BCUT2D eigenvalue weighted by atomic mass is 16.7. The molecule has 4 rings (SSSR count). The first-order valence-electron chi connectivity index (χ1n) is 9.61. The number of carbonyl (C=O) groups excluding carboxylic acids is 1. The highest BCUT2D eigenvalue weighted by Crippen LogP contribution is 2.32. The summed E-state index contributed by atoms with van der Waals surface area (Å²) >= 11 is 0. The zero-order chi connectivity index (χ0) is 20.2. The molecule has 6 heteroatoms. The average molecular weight is 389 g/mol. The molecule has 148 valence electrons. The number of anilines is 2. The quantitative estimate of drug-likeness (QED) is 0.656. The van der Waals surface area contributed by atoms with E-state index in [1.54, 1.807) is 12.4 Å². The van der Waals surface area contributed by atoms with Crippen LogP contribution in [0.15, 0.2) is 54.9 Å². The number of benzene rings is 2. The molecule has 2 heterocycles. The van der Waals surface area contributed by atoms with Gasteiger partial charge in [-0.1, -0.05) is 31.2 Å². The van der Waals surface area contributed by atoms with Gasteiger partial charge in [-0.2, -0.15) is 0 Å². The van der Waals surface area contributed by atoms with Crippen LogP contribution in [0.5, 0.6) is 11.5 Å². The van der Waals surface area contributed by atoms with Crippen molar-refractivity contribution >= 4 is 17.3 Å². The fraction of sp³-hybridized carbons (Fsp3) is 0.217. The number of hydrogen-bond acceptors (Lipinski definition) is 5. The molecule has 0 saturated carbocycles. The summed E-state index contributed by atoms with van der Waals surface area (Å²) in [4.78, 5) is 16.8. The van der Waals surface area contributed by atoms with E-state index >= 15 is 0 Å². The smallest absolute Gasteiger partial charge is 0.253 e. The van der Waals surface area contributed by atoms with Crippen LogP contribution in [0.25, 0.3) is 0 Å². The molecule has 1 aliphatic rings. The van der Waals surface area contributed by atoms with E-state index in [0.717, 1.165) is 34.7 Å². The number of carbonyl (C=O) groups is 1. The van der Waals surface area contributed by atoms with Crippen molar-refractivity contribution in [3.63, 3.8) is 0 Å². The third kappa shape index (κ3) is 4.16. The van der Waals surface area contributed by atoms with Crippen LogP contribution >= 0.6 is 0 Å². The summed E-state index contributed by atoms with van der Waals surface area (Å²) in [5, 5.41) is 6.34. The highest BCUT2D eigenvalue weighted by Gasteiger charge is 2.14. The first kappa shape index (κ1) is 18.8. The Hall–Kier alpha value is -3.54. The van der Waals surface area contributed by atoms with Crippen LogP contribution in [0.1, 0.15) is 34.0 Å². The Bertz CT molecular complexity index is 1050. The van der Waals surface area contributed by atoms with Crippen molar-refractivity contribution in [3.8, 4) is 11.5 Å². The molecule has 3 aromatic rings. The topological polar surface area (TPSA) is 72.5 Å². The number of hydrogen-bond donors (Lipinski definition) is 2. The molecule has 1 aliphatic heterocycles. The van der Waals surface area contributed by atoms with Crippen LogP contribution in [0.4, 0.5) is 11.4 Å². The molecule has 0 fully saturated rings. The Morgan fingerprint density at radius 3 is 2.83 bits per heavy atom. The first-order chi connectivity index (χ1) is 14.1. The van der Waals surface area contributed by atoms with E-state index in [4.69, 9.17) is 9.47 Å². The minimum Gasteiger partial charge on any atom is -0.454 e. The van der Waals surface area contributed by atoms with Crippen LogP contribution in [-0.2, 0) is 13.0 Å². The molecular formula is C23H23N3O3. The molecule has 0 atom stereocenters. The summed E-state index contributed by atoms with van der Waals surface area (Å²) in [5.74, 6) is 1.25. The Morgan fingerprint density at radius 1 is 1.10 bits per heavy atom. The Balaban J connectivity index is 1.45. The van der Waals surface area contributed by atoms with E-state index < -0.39 is 0 Å². The Morgan fingerprint density at radius 2 is 1.97 bits per heavy atom. The number of amides is 1. The number of rotatable bonds is 6. The number of ether oxygens (including phenoxy) is 2. The molecule has 0 saturated heterocycles. The molecule has 0 aliphatic carbocycles. The summed E-state index contributed by atoms with van der Waals surface area (Å²) in [6.07, 6.45) is 4.21. The maximum Gasteiger partial charge on any atom is 0.253 e. The molecule has 1 aromatic heterocycles. The molecule has 0 bridgehead atoms. The third-order valence-electron chi connectivity index (χ3n) is 4.90. The van der Waals surface area contributed by atoms with Gasteiger partial charge in [-0.25, -0.2) is 0 Å². The van der Waals surface area contributed by atoms with E-state index in [1.165, 1.54) is 5.56 Å². The van der Waals surface area contributed by atoms with E-state index in [0.29, 0.717) is 17.9 Å². The number of fused-ring (bicyclic) bond motifs is 1. The molecule has 6 nitrogen and oxygen atoms in total. The van der Waals surface area contributed by atoms with Crippen molar-refractivity contribution in [1.82, 2.24) is 10.3 Å². The molecule has 0 spiro atoms. The van der Waals surface area contributed by atoms with Gasteiger partial charge in [0, 0.05) is 18.4 Å². The summed E-state index contributed by atoms with van der Waals surface area (Å²) in [6, 6.07) is 13.7. The predicted octanol–water partition coefficient (Wildman–Crippen LogP) is 4.35. The molecule has 2 N–H and O–H groups in total. The van der Waals surface area contributed by atoms with Crippen molar-refractivity contribution in [2.24, 2.45) is 0 Å². The van der Waals surface area contributed by atoms with E-state index in [-0.39, 0.29) is 12.7 Å². The number of nitrogens with zero attached hydrogens (tertiary/aromatic N) is 1. The van der Waals surface area contributed by atoms with Gasteiger partial charge < -0.3 is 20.1 Å². The number of para-hydroxylation sites is 1. The second-order valence-corrected chi connectivity index (χ2v) is 6.92. The van der Waals surface area contributed by atoms with Crippen molar-refractivity contribution in [2.75, 3.05) is 12.1 Å². The van der Waals surface area contributed by atoms with Gasteiger partial charge in [0.1, 0.15) is 0 Å². The largest absolute Gasteiger partial charge is 0.454 e. The van der Waals surface area contributed by atoms with Gasteiger partial charge in [-0.3, -0.25) is 9.78 Å². The molecule has 1 amide bonds. The lowest BCUT2D eigenvalue weighted by molar-refractivity contribution is 0.0950. The lowest BCUT2D eigenvalue weighted by Crippen LogP contribution is -2.23.